The molecule has 0 aliphatic rings. The molecule has 9 heteroatoms. The van der Waals surface area contributed by atoms with Crippen LogP contribution in [-0.2, 0) is 24.9 Å². The first-order valence-corrected chi connectivity index (χ1v) is 9.86. The number of hydrogen-bond acceptors (Lipinski definition) is 4. The monoisotopic (exact) mass is 410 g/mol. The molecule has 8 nitrogen and oxygen atoms in total. The molecule has 0 saturated heterocycles. The molecular weight excluding hydrogens is 392 g/mol. The molecule has 0 aliphatic heterocycles. The Labute approximate surface area is 168 Å². The number of ether oxygens (including phenoxy) is 1. The number of fused-ring (bicyclic) bond motifs is 1. The van der Waals surface area contributed by atoms with Gasteiger partial charge in [0.15, 0.2) is 0 Å². The lowest BCUT2D eigenvalue weighted by atomic mass is 10.0. The van der Waals surface area contributed by atoms with E-state index in [-0.39, 0.29) is 12.1 Å². The van der Waals surface area contributed by atoms with Crippen molar-refractivity contribution >= 4 is 22.2 Å². The summed E-state index contributed by atoms with van der Waals surface area (Å²) in [6.45, 7) is 0.200. The Morgan fingerprint density at radius 3 is 2.90 bits per heavy atom. The third-order valence-corrected chi connectivity index (χ3v) is 4.88. The second-order valence-corrected chi connectivity index (χ2v) is 7.20. The van der Waals surface area contributed by atoms with Gasteiger partial charge in [0.25, 0.3) is 5.56 Å². The van der Waals surface area contributed by atoms with Crippen molar-refractivity contribution in [2.45, 2.75) is 6.54 Å². The number of nitrogens with zero attached hydrogens (tertiary/aromatic N) is 2. The van der Waals surface area contributed by atoms with Gasteiger partial charge in [0.05, 0.1) is 6.20 Å². The Bertz CT molecular complexity index is 1250. The van der Waals surface area contributed by atoms with Crippen LogP contribution in [0.15, 0.2) is 66.0 Å². The average Bonchev–Trinajstić information content (AvgIpc) is 3.21. The van der Waals surface area contributed by atoms with E-state index in [1.54, 1.807) is 50.0 Å². The molecule has 0 fully saturated rings. The van der Waals surface area contributed by atoms with Gasteiger partial charge >= 0.3 is 0 Å². The minimum Gasteiger partial charge on any atom is -0.455 e. The Hall–Kier alpha value is -3.27. The molecule has 3 heterocycles. The number of H-pyrrole nitrogens is 1. The average molecular weight is 410 g/mol. The molecule has 29 heavy (non-hydrogen) atoms. The topological polar surface area (TPSA) is 109 Å². The van der Waals surface area contributed by atoms with Crippen LogP contribution in [0.3, 0.4) is 0 Å². The maximum Gasteiger partial charge on any atom is 0.274 e. The molecule has 0 radical (unpaired) electrons. The number of rotatable bonds is 6. The van der Waals surface area contributed by atoms with Crippen LogP contribution in [0.2, 0.25) is 0 Å². The number of aryl methyl sites for hydroxylation is 1. The van der Waals surface area contributed by atoms with Crippen LogP contribution in [0.4, 0.5) is 0 Å². The fraction of sp³-hybridized carbons (Fsp3) is 0.100. The van der Waals surface area contributed by atoms with Crippen molar-refractivity contribution in [1.82, 2.24) is 19.3 Å². The number of nitrogens with one attached hydrogen (secondary N) is 2. The van der Waals surface area contributed by atoms with Gasteiger partial charge in [0, 0.05) is 48.7 Å². The third kappa shape index (κ3) is 3.97. The summed E-state index contributed by atoms with van der Waals surface area (Å²) in [5.41, 5.74) is 2.71. The second kappa shape index (κ2) is 8.00. The van der Waals surface area contributed by atoms with Gasteiger partial charge in [-0.1, -0.05) is 6.07 Å². The molecule has 0 saturated carbocycles. The smallest absolute Gasteiger partial charge is 0.274 e. The predicted molar refractivity (Wildman–Crippen MR) is 111 cm³/mol. The molecular formula is C20H18N4O4S. The van der Waals surface area contributed by atoms with Crippen molar-refractivity contribution in [3.05, 3.63) is 77.1 Å². The van der Waals surface area contributed by atoms with E-state index in [0.717, 1.165) is 22.1 Å². The highest BCUT2D eigenvalue weighted by Crippen LogP contribution is 2.37. The molecule has 1 unspecified atom stereocenters. The van der Waals surface area contributed by atoms with E-state index in [2.05, 4.69) is 14.7 Å². The number of benzene rings is 1. The van der Waals surface area contributed by atoms with E-state index in [9.17, 15) is 9.00 Å². The molecule has 1 aromatic carbocycles. The number of pyridine rings is 2. The predicted octanol–water partition coefficient (Wildman–Crippen LogP) is 2.95. The van der Waals surface area contributed by atoms with Gasteiger partial charge in [-0.2, -0.15) is 0 Å². The molecule has 0 aliphatic carbocycles. The lowest BCUT2D eigenvalue weighted by molar-refractivity contribution is 0.482. The summed E-state index contributed by atoms with van der Waals surface area (Å²) in [4.78, 5) is 19.5. The highest BCUT2D eigenvalue weighted by Gasteiger charge is 2.15. The van der Waals surface area contributed by atoms with Crippen molar-refractivity contribution in [2.24, 2.45) is 7.05 Å². The molecule has 1 atom stereocenters. The molecule has 4 aromatic rings. The zero-order chi connectivity index (χ0) is 20.4. The van der Waals surface area contributed by atoms with Crippen molar-refractivity contribution in [3.63, 3.8) is 0 Å². The van der Waals surface area contributed by atoms with E-state index < -0.39 is 11.3 Å². The quantitative estimate of drug-likeness (QED) is 0.424. The van der Waals surface area contributed by atoms with Crippen LogP contribution in [0, 0.1) is 0 Å². The summed E-state index contributed by atoms with van der Waals surface area (Å²) in [6.07, 6.45) is 6.75. The number of aromatic amines is 1. The van der Waals surface area contributed by atoms with Gasteiger partial charge in [0.2, 0.25) is 11.3 Å². The van der Waals surface area contributed by atoms with E-state index >= 15 is 0 Å². The third-order valence-electron chi connectivity index (χ3n) is 4.49. The SMILES string of the molecule is Cn1cc(-c2cc(CNS(=O)O)ccc2Oc2cccnc2)c2cc[nH]c2c1=O. The van der Waals surface area contributed by atoms with E-state index in [4.69, 9.17) is 9.29 Å². The van der Waals surface area contributed by atoms with Gasteiger partial charge < -0.3 is 14.3 Å². The first-order valence-electron chi connectivity index (χ1n) is 8.75. The van der Waals surface area contributed by atoms with E-state index in [0.29, 0.717) is 17.0 Å². The summed E-state index contributed by atoms with van der Waals surface area (Å²) in [5, 5.41) is 0.764. The first kappa shape index (κ1) is 19.1. The van der Waals surface area contributed by atoms with Crippen molar-refractivity contribution < 1.29 is 13.5 Å². The van der Waals surface area contributed by atoms with Gasteiger partial charge in [0.1, 0.15) is 17.0 Å². The standard InChI is InChI=1S/C20H18N4O4S/c1-24-12-17(15-6-8-22-19(15)20(24)25)16-9-13(10-23-29(26)27)4-5-18(16)28-14-3-2-7-21-11-14/h2-9,11-12,22-23H,10H2,1H3,(H,26,27). The lowest BCUT2D eigenvalue weighted by Gasteiger charge is -2.15. The van der Waals surface area contributed by atoms with Crippen molar-refractivity contribution in [2.75, 3.05) is 0 Å². The summed E-state index contributed by atoms with van der Waals surface area (Å²) >= 11 is -2.12. The molecule has 4 rings (SSSR count). The minimum absolute atomic E-state index is 0.128. The van der Waals surface area contributed by atoms with E-state index in [1.165, 1.54) is 4.57 Å². The van der Waals surface area contributed by atoms with Crippen LogP contribution in [-0.4, -0.2) is 23.3 Å². The second-order valence-electron chi connectivity index (χ2n) is 6.42. The van der Waals surface area contributed by atoms with Crippen LogP contribution in [0.1, 0.15) is 5.56 Å². The van der Waals surface area contributed by atoms with Crippen LogP contribution >= 0.6 is 0 Å². The normalized spacial score (nSPS) is 12.2. The summed E-state index contributed by atoms with van der Waals surface area (Å²) in [7, 11) is 1.69. The zero-order valence-electron chi connectivity index (χ0n) is 15.5. The van der Waals surface area contributed by atoms with Gasteiger partial charge in [-0.25, -0.2) is 8.93 Å². The number of aromatic nitrogens is 3. The Kier molecular flexibility index (Phi) is 5.26. The van der Waals surface area contributed by atoms with Crippen LogP contribution in [0.5, 0.6) is 11.5 Å². The van der Waals surface area contributed by atoms with Crippen LogP contribution < -0.4 is 15.0 Å². The van der Waals surface area contributed by atoms with E-state index in [1.807, 2.05) is 18.2 Å². The Morgan fingerprint density at radius 2 is 2.14 bits per heavy atom. The molecule has 0 spiro atoms. The Balaban J connectivity index is 1.88. The molecule has 148 valence electrons. The van der Waals surface area contributed by atoms with Crippen molar-refractivity contribution in [3.8, 4) is 22.6 Å². The van der Waals surface area contributed by atoms with Gasteiger partial charge in [-0.15, -0.1) is 0 Å². The lowest BCUT2D eigenvalue weighted by Crippen LogP contribution is -2.17. The van der Waals surface area contributed by atoms with Gasteiger partial charge in [-0.3, -0.25) is 14.3 Å². The molecule has 0 bridgehead atoms. The molecule has 3 aromatic heterocycles. The molecule has 0 amide bonds. The summed E-state index contributed by atoms with van der Waals surface area (Å²) in [6, 6.07) is 10.9. The fourth-order valence-electron chi connectivity index (χ4n) is 3.15. The largest absolute Gasteiger partial charge is 0.455 e. The fourth-order valence-corrected chi connectivity index (χ4v) is 3.44. The van der Waals surface area contributed by atoms with Crippen molar-refractivity contribution in [1.29, 1.82) is 0 Å². The first-order chi connectivity index (χ1) is 14.0. The van der Waals surface area contributed by atoms with Crippen LogP contribution in [0.25, 0.3) is 22.0 Å². The highest BCUT2D eigenvalue weighted by molar-refractivity contribution is 7.77. The Morgan fingerprint density at radius 1 is 1.28 bits per heavy atom. The maximum absolute atomic E-state index is 12.4. The van der Waals surface area contributed by atoms with Gasteiger partial charge in [-0.05, 0) is 35.9 Å². The minimum atomic E-state index is -2.12. The zero-order valence-corrected chi connectivity index (χ0v) is 16.3. The maximum atomic E-state index is 12.4. The summed E-state index contributed by atoms with van der Waals surface area (Å²) in [5.74, 6) is 1.15. The highest BCUT2D eigenvalue weighted by atomic mass is 32.2. The molecule has 3 N–H and O–H groups in total. The summed E-state index contributed by atoms with van der Waals surface area (Å²) < 4.78 is 30.0. The number of hydrogen-bond donors (Lipinski definition) is 3.